The monoisotopic (exact) mass is 291 g/mol. The predicted molar refractivity (Wildman–Crippen MR) is 80.1 cm³/mol. The molecule has 1 N–H and O–H groups in total. The third-order valence-corrected chi connectivity index (χ3v) is 5.96. The van der Waals surface area contributed by atoms with Crippen molar-refractivity contribution in [2.45, 2.75) is 52.1 Å². The van der Waals surface area contributed by atoms with Gasteiger partial charge >= 0.3 is 0 Å². The van der Waals surface area contributed by atoms with Gasteiger partial charge in [0.15, 0.2) is 0 Å². The first-order chi connectivity index (χ1) is 9.77. The standard InChI is InChI=1S/C16H25N3O2/c1-11-13(12(2)18(4)17-11)14(20)19-9-7-16(8-10-19)6-5-15(16,3)21/h21H,5-10H2,1-4H3. The average Bonchev–Trinajstić information content (AvgIpc) is 2.70. The van der Waals surface area contributed by atoms with Crippen molar-refractivity contribution >= 4 is 5.91 Å². The van der Waals surface area contributed by atoms with Crippen molar-refractivity contribution in [2.24, 2.45) is 12.5 Å². The molecule has 5 heteroatoms. The zero-order chi connectivity index (χ0) is 15.4. The lowest BCUT2D eigenvalue weighted by molar-refractivity contribution is -0.174. The lowest BCUT2D eigenvalue weighted by Crippen LogP contribution is -2.60. The lowest BCUT2D eigenvalue weighted by atomic mass is 9.53. The zero-order valence-corrected chi connectivity index (χ0v) is 13.4. The van der Waals surface area contributed by atoms with Crippen LogP contribution in [0.1, 0.15) is 54.4 Å². The van der Waals surface area contributed by atoms with Crippen molar-refractivity contribution in [2.75, 3.05) is 13.1 Å². The van der Waals surface area contributed by atoms with E-state index in [-0.39, 0.29) is 11.3 Å². The highest BCUT2D eigenvalue weighted by Crippen LogP contribution is 2.56. The molecule has 1 saturated carbocycles. The number of nitrogens with zero attached hydrogens (tertiary/aromatic N) is 3. The van der Waals surface area contributed by atoms with E-state index in [0.29, 0.717) is 0 Å². The maximum atomic E-state index is 12.7. The van der Waals surface area contributed by atoms with Crippen LogP contribution in [-0.2, 0) is 7.05 Å². The number of hydrogen-bond donors (Lipinski definition) is 1. The molecule has 1 atom stereocenters. The van der Waals surface area contributed by atoms with Crippen LogP contribution in [0.15, 0.2) is 0 Å². The molecular weight excluding hydrogens is 266 g/mol. The normalized spacial score (nSPS) is 27.8. The highest BCUT2D eigenvalue weighted by Gasteiger charge is 2.55. The number of likely N-dealkylation sites (tertiary alicyclic amines) is 1. The molecular formula is C16H25N3O2. The fourth-order valence-corrected chi connectivity index (χ4v) is 4.01. The Labute approximate surface area is 125 Å². The number of rotatable bonds is 1. The van der Waals surface area contributed by atoms with Crippen molar-refractivity contribution in [1.29, 1.82) is 0 Å². The summed E-state index contributed by atoms with van der Waals surface area (Å²) < 4.78 is 1.77. The van der Waals surface area contributed by atoms with E-state index in [2.05, 4.69) is 5.10 Å². The molecule has 0 bridgehead atoms. The quantitative estimate of drug-likeness (QED) is 0.858. The molecule has 1 aromatic rings. The molecule has 5 nitrogen and oxygen atoms in total. The van der Waals surface area contributed by atoms with E-state index in [0.717, 1.165) is 55.7 Å². The molecule has 116 valence electrons. The molecule has 1 saturated heterocycles. The van der Waals surface area contributed by atoms with Crippen molar-refractivity contribution < 1.29 is 9.90 Å². The first kappa shape index (κ1) is 14.6. The molecule has 21 heavy (non-hydrogen) atoms. The van der Waals surface area contributed by atoms with E-state index in [4.69, 9.17) is 0 Å². The van der Waals surface area contributed by atoms with Crippen LogP contribution in [0.3, 0.4) is 0 Å². The number of aliphatic hydroxyl groups is 1. The van der Waals surface area contributed by atoms with Crippen molar-refractivity contribution in [3.05, 3.63) is 17.0 Å². The fraction of sp³-hybridized carbons (Fsp3) is 0.750. The van der Waals surface area contributed by atoms with Gasteiger partial charge in [0, 0.05) is 31.2 Å². The minimum absolute atomic E-state index is 0.0445. The summed E-state index contributed by atoms with van der Waals surface area (Å²) in [5.74, 6) is 0.0897. The summed E-state index contributed by atoms with van der Waals surface area (Å²) in [6.07, 6.45) is 3.79. The molecule has 1 aliphatic carbocycles. The molecule has 2 fully saturated rings. The van der Waals surface area contributed by atoms with E-state index in [1.54, 1.807) is 4.68 Å². The number of aryl methyl sites for hydroxylation is 2. The second-order valence-electron chi connectivity index (χ2n) is 7.02. The Balaban J connectivity index is 1.74. The summed E-state index contributed by atoms with van der Waals surface area (Å²) in [6.45, 7) is 7.26. The predicted octanol–water partition coefficient (Wildman–Crippen LogP) is 1.80. The number of piperidine rings is 1. The Morgan fingerprint density at radius 3 is 2.19 bits per heavy atom. The minimum atomic E-state index is -0.539. The summed E-state index contributed by atoms with van der Waals surface area (Å²) >= 11 is 0. The maximum Gasteiger partial charge on any atom is 0.257 e. The molecule has 0 radical (unpaired) electrons. The lowest BCUT2D eigenvalue weighted by Gasteiger charge is -2.58. The second-order valence-corrected chi connectivity index (χ2v) is 7.02. The summed E-state index contributed by atoms with van der Waals surface area (Å²) in [7, 11) is 1.87. The molecule has 1 aromatic heterocycles. The smallest absolute Gasteiger partial charge is 0.257 e. The van der Waals surface area contributed by atoms with Gasteiger partial charge < -0.3 is 10.0 Å². The highest BCUT2D eigenvalue weighted by atomic mass is 16.3. The number of hydrogen-bond acceptors (Lipinski definition) is 3. The molecule has 1 amide bonds. The number of carbonyl (C=O) groups is 1. The zero-order valence-electron chi connectivity index (χ0n) is 13.4. The Hall–Kier alpha value is -1.36. The third kappa shape index (κ3) is 2.01. The van der Waals surface area contributed by atoms with Crippen LogP contribution in [0.4, 0.5) is 0 Å². The van der Waals surface area contributed by atoms with Gasteiger partial charge in [-0.3, -0.25) is 9.48 Å². The third-order valence-electron chi connectivity index (χ3n) is 5.96. The number of aromatic nitrogens is 2. The van der Waals surface area contributed by atoms with Gasteiger partial charge in [-0.05, 0) is 46.5 Å². The first-order valence-corrected chi connectivity index (χ1v) is 7.79. The van der Waals surface area contributed by atoms with Crippen LogP contribution in [0, 0.1) is 19.3 Å². The molecule has 2 heterocycles. The van der Waals surface area contributed by atoms with E-state index in [1.807, 2.05) is 32.7 Å². The van der Waals surface area contributed by atoms with Gasteiger partial charge in [0.1, 0.15) is 0 Å². The van der Waals surface area contributed by atoms with Gasteiger partial charge in [0.2, 0.25) is 0 Å². The van der Waals surface area contributed by atoms with Crippen molar-refractivity contribution in [1.82, 2.24) is 14.7 Å². The minimum Gasteiger partial charge on any atom is -0.390 e. The highest BCUT2D eigenvalue weighted by molar-refractivity contribution is 5.96. The SMILES string of the molecule is Cc1nn(C)c(C)c1C(=O)N1CCC2(CC1)CCC2(C)O. The van der Waals surface area contributed by atoms with Gasteiger partial charge in [-0.2, -0.15) is 5.10 Å². The largest absolute Gasteiger partial charge is 0.390 e. The van der Waals surface area contributed by atoms with Gasteiger partial charge in [-0.25, -0.2) is 0 Å². The van der Waals surface area contributed by atoms with Crippen LogP contribution in [0.5, 0.6) is 0 Å². The van der Waals surface area contributed by atoms with Crippen LogP contribution in [0.2, 0.25) is 0 Å². The van der Waals surface area contributed by atoms with E-state index in [9.17, 15) is 9.90 Å². The maximum absolute atomic E-state index is 12.7. The fourth-order valence-electron chi connectivity index (χ4n) is 4.01. The first-order valence-electron chi connectivity index (χ1n) is 7.79. The molecule has 0 aromatic carbocycles. The van der Waals surface area contributed by atoms with Gasteiger partial charge in [0.05, 0.1) is 16.9 Å². The molecule has 1 spiro atoms. The van der Waals surface area contributed by atoms with Crippen LogP contribution >= 0.6 is 0 Å². The average molecular weight is 291 g/mol. The van der Waals surface area contributed by atoms with Gasteiger partial charge in [-0.15, -0.1) is 0 Å². The van der Waals surface area contributed by atoms with E-state index < -0.39 is 5.60 Å². The van der Waals surface area contributed by atoms with Crippen LogP contribution in [0.25, 0.3) is 0 Å². The molecule has 3 rings (SSSR count). The van der Waals surface area contributed by atoms with Crippen LogP contribution in [-0.4, -0.2) is 44.4 Å². The van der Waals surface area contributed by atoms with Crippen molar-refractivity contribution in [3.8, 4) is 0 Å². The molecule has 2 aliphatic rings. The van der Waals surface area contributed by atoms with Crippen LogP contribution < -0.4 is 0 Å². The van der Waals surface area contributed by atoms with E-state index in [1.165, 1.54) is 0 Å². The molecule has 1 unspecified atom stereocenters. The Bertz CT molecular complexity index is 581. The summed E-state index contributed by atoms with van der Waals surface area (Å²) in [5.41, 5.74) is 1.98. The number of carbonyl (C=O) groups excluding carboxylic acids is 1. The Kier molecular flexibility index (Phi) is 3.17. The van der Waals surface area contributed by atoms with Gasteiger partial charge in [0.25, 0.3) is 5.91 Å². The Morgan fingerprint density at radius 2 is 1.81 bits per heavy atom. The summed E-state index contributed by atoms with van der Waals surface area (Å²) in [6, 6.07) is 0. The topological polar surface area (TPSA) is 58.4 Å². The molecule has 1 aliphatic heterocycles. The Morgan fingerprint density at radius 1 is 1.19 bits per heavy atom. The summed E-state index contributed by atoms with van der Waals surface area (Å²) in [5, 5.41) is 14.7. The second kappa shape index (κ2) is 4.57. The van der Waals surface area contributed by atoms with Gasteiger partial charge in [-0.1, -0.05) is 0 Å². The van der Waals surface area contributed by atoms with E-state index >= 15 is 0 Å². The number of amides is 1. The van der Waals surface area contributed by atoms with Crippen molar-refractivity contribution in [3.63, 3.8) is 0 Å². The summed E-state index contributed by atoms with van der Waals surface area (Å²) in [4.78, 5) is 14.7.